The molecule has 168 valence electrons. The fourth-order valence-electron chi connectivity index (χ4n) is 4.36. The van der Waals surface area contributed by atoms with Crippen LogP contribution in [0.4, 0.5) is 5.69 Å². The summed E-state index contributed by atoms with van der Waals surface area (Å²) in [6, 6.07) is 17.3. The number of rotatable bonds is 7. The highest BCUT2D eigenvalue weighted by molar-refractivity contribution is 6.20. The van der Waals surface area contributed by atoms with E-state index >= 15 is 0 Å². The maximum atomic E-state index is 13.3. The minimum absolute atomic E-state index is 0.171. The Labute approximate surface area is 189 Å². The molecule has 2 N–H and O–H groups in total. The average molecular weight is 434 g/mol. The molecule has 1 fully saturated rings. The van der Waals surface area contributed by atoms with Gasteiger partial charge in [-0.1, -0.05) is 62.4 Å². The zero-order chi connectivity index (χ0) is 22.8. The van der Waals surface area contributed by atoms with Gasteiger partial charge in [0.1, 0.15) is 0 Å². The molecule has 2 aromatic carbocycles. The molecule has 32 heavy (non-hydrogen) atoms. The molecule has 6 nitrogen and oxygen atoms in total. The highest BCUT2D eigenvalue weighted by atomic mass is 16.3. The molecular weight excluding hydrogens is 402 g/mol. The molecule has 3 atom stereocenters. The molecule has 4 rings (SSSR count). The second kappa shape index (κ2) is 9.25. The number of carbonyl (C=O) groups is 2. The summed E-state index contributed by atoms with van der Waals surface area (Å²) < 4.78 is 0. The van der Waals surface area contributed by atoms with Gasteiger partial charge in [-0.15, -0.1) is 0 Å². The lowest BCUT2D eigenvalue weighted by Gasteiger charge is -2.26. The third-order valence-corrected chi connectivity index (χ3v) is 6.25. The maximum absolute atomic E-state index is 13.3. The molecule has 0 radical (unpaired) electrons. The molecule has 2 aromatic rings. The lowest BCUT2D eigenvalue weighted by molar-refractivity contribution is -0.133. The van der Waals surface area contributed by atoms with E-state index in [0.717, 1.165) is 29.7 Å². The van der Waals surface area contributed by atoms with Gasteiger partial charge in [-0.2, -0.15) is 0 Å². The Bertz CT molecular complexity index is 1010. The molecule has 0 aromatic heterocycles. The van der Waals surface area contributed by atoms with Crippen LogP contribution in [0.1, 0.15) is 44.2 Å². The van der Waals surface area contributed by atoms with Crippen molar-refractivity contribution in [2.24, 2.45) is 22.7 Å². The van der Waals surface area contributed by atoms with E-state index in [1.807, 2.05) is 68.4 Å². The number of aliphatic imine (C=N–C) groups is 1. The zero-order valence-corrected chi connectivity index (χ0v) is 18.9. The third-order valence-electron chi connectivity index (χ3n) is 6.25. The number of hydrogen-bond acceptors (Lipinski definition) is 4. The summed E-state index contributed by atoms with van der Waals surface area (Å²) in [6.45, 7) is 4.07. The van der Waals surface area contributed by atoms with Crippen LogP contribution in [0, 0.1) is 17.8 Å². The van der Waals surface area contributed by atoms with Gasteiger partial charge in [0.25, 0.3) is 5.91 Å². The lowest BCUT2D eigenvalue weighted by Crippen LogP contribution is -2.50. The first-order valence-electron chi connectivity index (χ1n) is 11.4. The number of carbonyl (C=O) groups excluding carboxylic acids is 2. The number of para-hydroxylation sites is 1. The smallest absolute Gasteiger partial charge is 0.272 e. The van der Waals surface area contributed by atoms with Crippen LogP contribution in [0.25, 0.3) is 0 Å². The largest absolute Gasteiger partial charge is 0.392 e. The summed E-state index contributed by atoms with van der Waals surface area (Å²) in [5.41, 5.74) is 3.11. The summed E-state index contributed by atoms with van der Waals surface area (Å²) in [7, 11) is 1.70. The number of anilines is 1. The van der Waals surface area contributed by atoms with Crippen LogP contribution in [0.3, 0.4) is 0 Å². The molecule has 1 heterocycles. The second-order valence-electron chi connectivity index (χ2n) is 9.23. The molecule has 1 aliphatic heterocycles. The maximum Gasteiger partial charge on any atom is 0.272 e. The SMILES string of the molecule is CC(C)C[C@@H](C(=O)NC1N=C(c2ccccc2)c2ccccc2N(C)C1=O)[C@@H](O)C1CC1. The predicted molar refractivity (Wildman–Crippen MR) is 126 cm³/mol. The van der Waals surface area contributed by atoms with Crippen LogP contribution in [-0.2, 0) is 9.59 Å². The van der Waals surface area contributed by atoms with Crippen LogP contribution in [0.15, 0.2) is 59.6 Å². The molecule has 2 aliphatic rings. The van der Waals surface area contributed by atoms with Crippen molar-refractivity contribution in [2.45, 2.75) is 45.4 Å². The number of benzodiazepines with no additional fused rings is 1. The highest BCUT2D eigenvalue weighted by Crippen LogP contribution is 2.37. The fraction of sp³-hybridized carbons (Fsp3) is 0.423. The van der Waals surface area contributed by atoms with Gasteiger partial charge in [0, 0.05) is 18.2 Å². The van der Waals surface area contributed by atoms with Gasteiger partial charge in [0.15, 0.2) is 0 Å². The first kappa shape index (κ1) is 22.2. The van der Waals surface area contributed by atoms with Crippen LogP contribution in [0.2, 0.25) is 0 Å². The minimum atomic E-state index is -1.06. The minimum Gasteiger partial charge on any atom is -0.392 e. The first-order valence-corrected chi connectivity index (χ1v) is 11.4. The summed E-state index contributed by atoms with van der Waals surface area (Å²) >= 11 is 0. The molecule has 1 saturated carbocycles. The molecule has 1 unspecified atom stereocenters. The van der Waals surface area contributed by atoms with Gasteiger partial charge in [0.05, 0.1) is 23.4 Å². The van der Waals surface area contributed by atoms with Crippen molar-refractivity contribution in [2.75, 3.05) is 11.9 Å². The van der Waals surface area contributed by atoms with Gasteiger partial charge in [-0.25, -0.2) is 4.99 Å². The number of nitrogens with zero attached hydrogens (tertiary/aromatic N) is 2. The number of hydrogen-bond donors (Lipinski definition) is 2. The van der Waals surface area contributed by atoms with Crippen molar-refractivity contribution in [3.8, 4) is 0 Å². The highest BCUT2D eigenvalue weighted by Gasteiger charge is 2.40. The Hall–Kier alpha value is -2.99. The first-order chi connectivity index (χ1) is 15.4. The molecule has 0 saturated heterocycles. The summed E-state index contributed by atoms with van der Waals surface area (Å²) in [4.78, 5) is 32.9. The number of nitrogens with one attached hydrogen (secondary N) is 1. The van der Waals surface area contributed by atoms with Gasteiger partial charge in [-0.05, 0) is 37.2 Å². The normalized spacial score (nSPS) is 20.3. The monoisotopic (exact) mass is 433 g/mol. The summed E-state index contributed by atoms with van der Waals surface area (Å²) in [5, 5.41) is 13.6. The number of fused-ring (bicyclic) bond motifs is 1. The van der Waals surface area contributed by atoms with E-state index in [9.17, 15) is 14.7 Å². The van der Waals surface area contributed by atoms with Gasteiger partial charge < -0.3 is 15.3 Å². The Morgan fingerprint density at radius 3 is 2.44 bits per heavy atom. The molecule has 6 heteroatoms. The molecular formula is C26H31N3O3. The number of likely N-dealkylation sites (N-methyl/N-ethyl adjacent to an activating group) is 1. The number of benzene rings is 2. The summed E-state index contributed by atoms with van der Waals surface area (Å²) in [5.74, 6) is -0.751. The number of aliphatic hydroxyl groups is 1. The fourth-order valence-corrected chi connectivity index (χ4v) is 4.36. The standard InChI is InChI=1S/C26H31N3O3/c1-16(2)15-20(23(30)18-13-14-18)25(31)28-24-26(32)29(3)21-12-8-7-11-19(21)22(27-24)17-9-5-4-6-10-17/h4-12,16,18,20,23-24,30H,13-15H2,1-3H3,(H,28,31)/t20-,23+,24?/m1/s1. The van der Waals surface area contributed by atoms with Gasteiger partial charge in [0.2, 0.25) is 12.1 Å². The molecule has 0 spiro atoms. The van der Waals surface area contributed by atoms with Crippen molar-refractivity contribution < 1.29 is 14.7 Å². The van der Waals surface area contributed by atoms with E-state index in [1.54, 1.807) is 11.9 Å². The van der Waals surface area contributed by atoms with E-state index < -0.39 is 18.2 Å². The second-order valence-corrected chi connectivity index (χ2v) is 9.23. The Morgan fingerprint density at radius 1 is 1.12 bits per heavy atom. The predicted octanol–water partition coefficient (Wildman–Crippen LogP) is 3.38. The van der Waals surface area contributed by atoms with Crippen molar-refractivity contribution in [1.82, 2.24) is 5.32 Å². The zero-order valence-electron chi connectivity index (χ0n) is 18.9. The topological polar surface area (TPSA) is 82.0 Å². The van der Waals surface area contributed by atoms with E-state index in [4.69, 9.17) is 4.99 Å². The average Bonchev–Trinajstić information content (AvgIpc) is 3.65. The lowest BCUT2D eigenvalue weighted by atomic mass is 9.89. The van der Waals surface area contributed by atoms with Crippen LogP contribution in [0.5, 0.6) is 0 Å². The van der Waals surface area contributed by atoms with Crippen molar-refractivity contribution in [3.05, 3.63) is 65.7 Å². The van der Waals surface area contributed by atoms with Gasteiger partial charge in [-0.3, -0.25) is 9.59 Å². The van der Waals surface area contributed by atoms with Crippen molar-refractivity contribution in [3.63, 3.8) is 0 Å². The molecule has 0 bridgehead atoms. The van der Waals surface area contributed by atoms with E-state index in [-0.39, 0.29) is 23.7 Å². The summed E-state index contributed by atoms with van der Waals surface area (Å²) in [6.07, 6.45) is 0.705. The van der Waals surface area contributed by atoms with Crippen LogP contribution >= 0.6 is 0 Å². The Kier molecular flexibility index (Phi) is 6.42. The van der Waals surface area contributed by atoms with Crippen LogP contribution < -0.4 is 10.2 Å². The van der Waals surface area contributed by atoms with E-state index in [1.165, 1.54) is 0 Å². The van der Waals surface area contributed by atoms with Crippen molar-refractivity contribution >= 4 is 23.2 Å². The number of aliphatic hydroxyl groups excluding tert-OH is 1. The van der Waals surface area contributed by atoms with E-state index in [2.05, 4.69) is 5.32 Å². The van der Waals surface area contributed by atoms with Crippen molar-refractivity contribution in [1.29, 1.82) is 0 Å². The Morgan fingerprint density at radius 2 is 1.78 bits per heavy atom. The quantitative estimate of drug-likeness (QED) is 0.702. The number of amides is 2. The van der Waals surface area contributed by atoms with Gasteiger partial charge >= 0.3 is 0 Å². The van der Waals surface area contributed by atoms with Crippen LogP contribution in [-0.4, -0.2) is 41.9 Å². The van der Waals surface area contributed by atoms with E-state index in [0.29, 0.717) is 12.1 Å². The third kappa shape index (κ3) is 4.60. The molecule has 2 amide bonds. The Balaban J connectivity index is 1.69. The molecule has 1 aliphatic carbocycles.